The van der Waals surface area contributed by atoms with E-state index in [-0.39, 0.29) is 29.6 Å². The largest absolute Gasteiger partial charge is 0.342 e. The Hall–Kier alpha value is -3.48. The van der Waals surface area contributed by atoms with Crippen molar-refractivity contribution in [2.75, 3.05) is 25.0 Å². The Morgan fingerprint density at radius 2 is 1.76 bits per heavy atom. The van der Waals surface area contributed by atoms with Crippen molar-refractivity contribution < 1.29 is 14.4 Å². The fourth-order valence-corrected chi connectivity index (χ4v) is 5.97. The first-order valence-corrected chi connectivity index (χ1v) is 14.1. The van der Waals surface area contributed by atoms with E-state index >= 15 is 0 Å². The Kier molecular flexibility index (Phi) is 5.46. The lowest BCUT2D eigenvalue weighted by atomic mass is 9.98. The van der Waals surface area contributed by atoms with Crippen molar-refractivity contribution in [2.45, 2.75) is 57.4 Å². The van der Waals surface area contributed by atoms with Crippen LogP contribution < -0.4 is 5.32 Å². The number of aryl methyl sites for hydroxylation is 1. The van der Waals surface area contributed by atoms with E-state index in [0.29, 0.717) is 12.5 Å². The summed E-state index contributed by atoms with van der Waals surface area (Å²) in [5.41, 5.74) is 4.43. The van der Waals surface area contributed by atoms with Crippen LogP contribution in [0.2, 0.25) is 0 Å². The van der Waals surface area contributed by atoms with Crippen LogP contribution in [0, 0.1) is 24.7 Å². The molecule has 3 saturated carbocycles. The zero-order chi connectivity index (χ0) is 26.0. The Labute approximate surface area is 223 Å². The van der Waals surface area contributed by atoms with Gasteiger partial charge in [-0.2, -0.15) is 0 Å². The van der Waals surface area contributed by atoms with E-state index < -0.39 is 5.54 Å². The number of carbonyl (C=O) groups excluding carboxylic acids is 3. The minimum absolute atomic E-state index is 0.106. The van der Waals surface area contributed by atoms with Gasteiger partial charge in [-0.05, 0) is 86.6 Å². The van der Waals surface area contributed by atoms with Crippen molar-refractivity contribution in [3.8, 4) is 11.1 Å². The molecule has 2 heterocycles. The average molecular weight is 511 g/mol. The summed E-state index contributed by atoms with van der Waals surface area (Å²) in [5.74, 6) is 2.01. The molecular formula is C31H34N4O3. The highest BCUT2D eigenvalue weighted by Gasteiger charge is 2.57. The standard InChI is InChI=1S/C31H34N4O3/c1-19-15-24(23-3-2-4-25(16-23)32-28(36)21-5-6-21)9-10-26(19)27-33-31(12-13-31)30(38)35(27)18-20-11-14-34(17-20)29(37)22-7-8-22/h2-4,9-10,15-16,20-22H,5-8,11-14,17-18H2,1H3,(H,32,36). The van der Waals surface area contributed by atoms with E-state index in [1.807, 2.05) is 28.0 Å². The predicted molar refractivity (Wildman–Crippen MR) is 146 cm³/mol. The third kappa shape index (κ3) is 4.32. The van der Waals surface area contributed by atoms with Gasteiger partial charge in [0.1, 0.15) is 11.4 Å². The quantitative estimate of drug-likeness (QED) is 0.600. The summed E-state index contributed by atoms with van der Waals surface area (Å²) in [6.07, 6.45) is 6.59. The number of rotatable bonds is 7. The molecule has 3 amide bonds. The summed E-state index contributed by atoms with van der Waals surface area (Å²) < 4.78 is 0. The summed E-state index contributed by atoms with van der Waals surface area (Å²) in [4.78, 5) is 47.2. The maximum Gasteiger partial charge on any atom is 0.256 e. The number of amidine groups is 1. The predicted octanol–water partition coefficient (Wildman–Crippen LogP) is 4.39. The summed E-state index contributed by atoms with van der Waals surface area (Å²) >= 11 is 0. The monoisotopic (exact) mass is 510 g/mol. The highest BCUT2D eigenvalue weighted by Crippen LogP contribution is 2.46. The fourth-order valence-electron chi connectivity index (χ4n) is 5.97. The van der Waals surface area contributed by atoms with Gasteiger partial charge in [-0.1, -0.05) is 30.3 Å². The van der Waals surface area contributed by atoms with Crippen molar-refractivity contribution in [1.29, 1.82) is 0 Å². The lowest BCUT2D eigenvalue weighted by molar-refractivity contribution is -0.131. The Morgan fingerprint density at radius 3 is 2.47 bits per heavy atom. The average Bonchev–Trinajstić information content (AvgIpc) is 3.79. The van der Waals surface area contributed by atoms with Crippen molar-refractivity contribution >= 4 is 29.2 Å². The second-order valence-electron chi connectivity index (χ2n) is 12.0. The number of likely N-dealkylation sites (tertiary alicyclic amines) is 1. The van der Waals surface area contributed by atoms with E-state index in [9.17, 15) is 14.4 Å². The second kappa shape index (κ2) is 8.79. The van der Waals surface area contributed by atoms with Crippen LogP contribution in [0.1, 0.15) is 56.1 Å². The zero-order valence-corrected chi connectivity index (χ0v) is 21.9. The molecule has 5 aliphatic rings. The molecule has 0 aromatic heterocycles. The van der Waals surface area contributed by atoms with Crippen LogP contribution in [-0.2, 0) is 14.4 Å². The number of anilines is 1. The van der Waals surface area contributed by atoms with Gasteiger partial charge < -0.3 is 10.2 Å². The van der Waals surface area contributed by atoms with Gasteiger partial charge in [0.25, 0.3) is 5.91 Å². The van der Waals surface area contributed by atoms with E-state index in [0.717, 1.165) is 91.8 Å². The molecule has 3 aliphatic carbocycles. The van der Waals surface area contributed by atoms with E-state index in [2.05, 4.69) is 36.5 Å². The van der Waals surface area contributed by atoms with Gasteiger partial charge in [0.15, 0.2) is 0 Å². The van der Waals surface area contributed by atoms with Crippen molar-refractivity contribution in [1.82, 2.24) is 9.80 Å². The summed E-state index contributed by atoms with van der Waals surface area (Å²) in [5, 5.41) is 3.04. The first-order chi connectivity index (χ1) is 18.4. The number of amides is 3. The molecule has 7 heteroatoms. The molecule has 38 heavy (non-hydrogen) atoms. The minimum Gasteiger partial charge on any atom is -0.342 e. The highest BCUT2D eigenvalue weighted by molar-refractivity contribution is 6.17. The molecule has 196 valence electrons. The van der Waals surface area contributed by atoms with Gasteiger partial charge in [0.05, 0.1) is 0 Å². The molecule has 1 atom stereocenters. The Morgan fingerprint density at radius 1 is 1.00 bits per heavy atom. The number of nitrogens with one attached hydrogen (secondary N) is 1. The van der Waals surface area contributed by atoms with E-state index in [1.165, 1.54) is 0 Å². The zero-order valence-electron chi connectivity index (χ0n) is 21.9. The van der Waals surface area contributed by atoms with Crippen LogP contribution in [-0.4, -0.2) is 58.5 Å². The molecule has 1 unspecified atom stereocenters. The molecule has 1 saturated heterocycles. The van der Waals surface area contributed by atoms with Crippen molar-refractivity contribution in [3.05, 3.63) is 53.6 Å². The maximum atomic E-state index is 13.5. The normalized spacial score (nSPS) is 23.7. The van der Waals surface area contributed by atoms with Gasteiger partial charge in [0.2, 0.25) is 11.8 Å². The smallest absolute Gasteiger partial charge is 0.256 e. The van der Waals surface area contributed by atoms with Gasteiger partial charge in [-0.3, -0.25) is 24.3 Å². The summed E-state index contributed by atoms with van der Waals surface area (Å²) in [7, 11) is 0. The van der Waals surface area contributed by atoms with Crippen LogP contribution in [0.4, 0.5) is 5.69 Å². The first-order valence-electron chi connectivity index (χ1n) is 14.1. The number of hydrogen-bond donors (Lipinski definition) is 1. The first kappa shape index (κ1) is 23.6. The van der Waals surface area contributed by atoms with Gasteiger partial charge in [0, 0.05) is 42.7 Å². The SMILES string of the molecule is Cc1cc(-c2cccc(NC(=O)C3CC3)c2)ccc1C1=NC2(CC2)C(=O)N1CC1CCN(C(=O)C2CC2)C1. The summed E-state index contributed by atoms with van der Waals surface area (Å²) in [6, 6.07) is 14.3. The number of nitrogens with zero attached hydrogens (tertiary/aromatic N) is 3. The van der Waals surface area contributed by atoms with Crippen LogP contribution >= 0.6 is 0 Å². The highest BCUT2D eigenvalue weighted by atomic mass is 16.2. The van der Waals surface area contributed by atoms with Crippen molar-refractivity contribution in [3.63, 3.8) is 0 Å². The molecule has 2 aliphatic heterocycles. The number of benzene rings is 2. The third-order valence-electron chi connectivity index (χ3n) is 8.79. The third-order valence-corrected chi connectivity index (χ3v) is 8.79. The molecular weight excluding hydrogens is 476 g/mol. The molecule has 7 rings (SSSR count). The van der Waals surface area contributed by atoms with Crippen LogP contribution in [0.5, 0.6) is 0 Å². The number of hydrogen-bond acceptors (Lipinski definition) is 4. The number of carbonyl (C=O) groups is 3. The van der Waals surface area contributed by atoms with Crippen LogP contribution in [0.3, 0.4) is 0 Å². The Bertz CT molecular complexity index is 1370. The molecule has 0 bridgehead atoms. The van der Waals surface area contributed by atoms with Gasteiger partial charge in [-0.25, -0.2) is 0 Å². The lowest BCUT2D eigenvalue weighted by Crippen LogP contribution is -2.41. The number of aliphatic imine (C=N–C) groups is 1. The van der Waals surface area contributed by atoms with E-state index in [1.54, 1.807) is 0 Å². The summed E-state index contributed by atoms with van der Waals surface area (Å²) in [6.45, 7) is 4.24. The van der Waals surface area contributed by atoms with Gasteiger partial charge in [-0.15, -0.1) is 0 Å². The molecule has 7 nitrogen and oxygen atoms in total. The lowest BCUT2D eigenvalue weighted by Gasteiger charge is -2.24. The molecule has 0 radical (unpaired) electrons. The van der Waals surface area contributed by atoms with Gasteiger partial charge >= 0.3 is 0 Å². The second-order valence-corrected chi connectivity index (χ2v) is 12.0. The Balaban J connectivity index is 1.11. The van der Waals surface area contributed by atoms with E-state index in [4.69, 9.17) is 4.99 Å². The molecule has 2 aromatic carbocycles. The van der Waals surface area contributed by atoms with Crippen LogP contribution in [0.15, 0.2) is 47.5 Å². The minimum atomic E-state index is -0.559. The van der Waals surface area contributed by atoms with Crippen molar-refractivity contribution in [2.24, 2.45) is 22.7 Å². The maximum absolute atomic E-state index is 13.5. The molecule has 1 spiro atoms. The molecule has 1 N–H and O–H groups in total. The van der Waals surface area contributed by atoms with Crippen LogP contribution in [0.25, 0.3) is 11.1 Å². The fraction of sp³-hybridized carbons (Fsp3) is 0.484. The molecule has 4 fully saturated rings. The molecule has 2 aromatic rings. The topological polar surface area (TPSA) is 82.1 Å².